The molecule has 0 aromatic carbocycles. The molecule has 2 aromatic heterocycles. The van der Waals surface area contributed by atoms with Crippen LogP contribution >= 0.6 is 0 Å². The van der Waals surface area contributed by atoms with Gasteiger partial charge in [-0.3, -0.25) is 0 Å². The van der Waals surface area contributed by atoms with Crippen molar-refractivity contribution in [1.29, 1.82) is 0 Å². The second kappa shape index (κ2) is 7.69. The molecule has 0 bridgehead atoms. The molecule has 9 nitrogen and oxygen atoms in total. The van der Waals surface area contributed by atoms with E-state index >= 15 is 0 Å². The van der Waals surface area contributed by atoms with Crippen LogP contribution in [0.3, 0.4) is 0 Å². The maximum Gasteiger partial charge on any atom is 0.245 e. The van der Waals surface area contributed by atoms with Crippen LogP contribution in [-0.2, 0) is 17.8 Å². The van der Waals surface area contributed by atoms with Crippen LogP contribution in [0.15, 0.2) is 0 Å². The van der Waals surface area contributed by atoms with Gasteiger partial charge in [-0.1, -0.05) is 5.10 Å². The molecule has 0 aliphatic rings. The van der Waals surface area contributed by atoms with E-state index in [1.165, 1.54) is 0 Å². The van der Waals surface area contributed by atoms with E-state index in [0.29, 0.717) is 13.2 Å². The van der Waals surface area contributed by atoms with Crippen molar-refractivity contribution in [3.63, 3.8) is 0 Å². The van der Waals surface area contributed by atoms with Crippen molar-refractivity contribution in [2.24, 2.45) is 0 Å². The summed E-state index contributed by atoms with van der Waals surface area (Å²) in [6, 6.07) is 0. The lowest BCUT2D eigenvalue weighted by Crippen LogP contribution is -2.33. The Bertz CT molecular complexity index is 642. The van der Waals surface area contributed by atoms with E-state index in [2.05, 4.69) is 37.5 Å². The average Bonchev–Trinajstić information content (AvgIpc) is 3.10. The fourth-order valence-corrected chi connectivity index (χ4v) is 2.28. The molecular weight excluding hydrogens is 308 g/mol. The molecule has 0 unspecified atom stereocenters. The second-order valence-electron chi connectivity index (χ2n) is 6.60. The molecule has 2 heterocycles. The Balaban J connectivity index is 2.08. The summed E-state index contributed by atoms with van der Waals surface area (Å²) in [4.78, 5) is 3.79. The molecule has 0 amide bonds. The monoisotopic (exact) mass is 336 g/mol. The fourth-order valence-electron chi connectivity index (χ4n) is 2.28. The lowest BCUT2D eigenvalue weighted by molar-refractivity contribution is 0.00129. The Morgan fingerprint density at radius 1 is 1.17 bits per heavy atom. The molecule has 0 aliphatic heterocycles. The quantitative estimate of drug-likeness (QED) is 0.717. The van der Waals surface area contributed by atoms with E-state index < -0.39 is 0 Å². The molecule has 0 saturated heterocycles. The topological polar surface area (TPSA) is 86.8 Å². The molecule has 9 heteroatoms. The third-order valence-electron chi connectivity index (χ3n) is 3.58. The highest BCUT2D eigenvalue weighted by Crippen LogP contribution is 2.13. The summed E-state index contributed by atoms with van der Waals surface area (Å²) in [5.41, 5.74) is 1.63. The highest BCUT2D eigenvalue weighted by Gasteiger charge is 2.17. The van der Waals surface area contributed by atoms with Gasteiger partial charge in [0.25, 0.3) is 0 Å². The predicted octanol–water partition coefficient (Wildman–Crippen LogP) is 1.28. The van der Waals surface area contributed by atoms with Gasteiger partial charge in [0.15, 0.2) is 0 Å². The molecule has 0 saturated carbocycles. The normalized spacial score (nSPS) is 11.9. The molecule has 2 rings (SSSR count). The summed E-state index contributed by atoms with van der Waals surface area (Å²) >= 11 is 0. The van der Waals surface area contributed by atoms with Crippen molar-refractivity contribution in [3.8, 4) is 0 Å². The van der Waals surface area contributed by atoms with E-state index in [9.17, 15) is 0 Å². The van der Waals surface area contributed by atoms with Crippen molar-refractivity contribution in [1.82, 2.24) is 35.2 Å². The van der Waals surface area contributed by atoms with Gasteiger partial charge in [0.2, 0.25) is 5.95 Å². The third-order valence-corrected chi connectivity index (χ3v) is 3.58. The molecule has 0 aliphatic carbocycles. The minimum atomic E-state index is -0.152. The molecule has 2 aromatic rings. The SMILES string of the molecule is CCN(CCOC(C)(C)C)c1nnnn1Cc1nn(CC)nc1C. The number of anilines is 1. The van der Waals surface area contributed by atoms with Gasteiger partial charge in [-0.05, 0) is 52.0 Å². The van der Waals surface area contributed by atoms with Gasteiger partial charge < -0.3 is 9.64 Å². The fraction of sp³-hybridized carbons (Fsp3) is 0.800. The van der Waals surface area contributed by atoms with Crippen LogP contribution in [0.5, 0.6) is 0 Å². The van der Waals surface area contributed by atoms with E-state index in [1.807, 2.05) is 34.6 Å². The number of ether oxygens (including phenoxy) is 1. The van der Waals surface area contributed by atoms with E-state index in [4.69, 9.17) is 4.74 Å². The lowest BCUT2D eigenvalue weighted by atomic mass is 10.2. The summed E-state index contributed by atoms with van der Waals surface area (Å²) in [5.74, 6) is 0.723. The van der Waals surface area contributed by atoms with Crippen molar-refractivity contribution < 1.29 is 4.74 Å². The largest absolute Gasteiger partial charge is 0.374 e. The van der Waals surface area contributed by atoms with Crippen LogP contribution in [0.2, 0.25) is 0 Å². The summed E-state index contributed by atoms with van der Waals surface area (Å²) in [6.07, 6.45) is 0. The minimum absolute atomic E-state index is 0.152. The first-order valence-corrected chi connectivity index (χ1v) is 8.39. The lowest BCUT2D eigenvalue weighted by Gasteiger charge is -2.24. The Hall–Kier alpha value is -2.03. The van der Waals surface area contributed by atoms with Crippen LogP contribution in [0, 0.1) is 6.92 Å². The Morgan fingerprint density at radius 2 is 1.92 bits per heavy atom. The van der Waals surface area contributed by atoms with Crippen molar-refractivity contribution >= 4 is 5.95 Å². The first-order chi connectivity index (χ1) is 11.3. The number of likely N-dealkylation sites (N-methyl/N-ethyl adjacent to an activating group) is 1. The molecule has 24 heavy (non-hydrogen) atoms. The van der Waals surface area contributed by atoms with E-state index in [1.54, 1.807) is 9.48 Å². The highest BCUT2D eigenvalue weighted by molar-refractivity contribution is 5.28. The minimum Gasteiger partial charge on any atom is -0.374 e. The number of hydrogen-bond acceptors (Lipinski definition) is 7. The maximum absolute atomic E-state index is 5.81. The zero-order chi connectivity index (χ0) is 17.7. The van der Waals surface area contributed by atoms with Gasteiger partial charge >= 0.3 is 0 Å². The van der Waals surface area contributed by atoms with Gasteiger partial charge in [-0.15, -0.1) is 0 Å². The van der Waals surface area contributed by atoms with E-state index in [0.717, 1.165) is 37.0 Å². The van der Waals surface area contributed by atoms with Crippen molar-refractivity contribution in [2.75, 3.05) is 24.6 Å². The number of hydrogen-bond donors (Lipinski definition) is 0. The highest BCUT2D eigenvalue weighted by atomic mass is 16.5. The first-order valence-electron chi connectivity index (χ1n) is 8.39. The van der Waals surface area contributed by atoms with Crippen LogP contribution < -0.4 is 4.90 Å². The number of tetrazole rings is 1. The van der Waals surface area contributed by atoms with Crippen LogP contribution in [0.1, 0.15) is 46.0 Å². The van der Waals surface area contributed by atoms with Crippen molar-refractivity contribution in [2.45, 2.75) is 60.2 Å². The summed E-state index contributed by atoms with van der Waals surface area (Å²) < 4.78 is 7.57. The van der Waals surface area contributed by atoms with E-state index in [-0.39, 0.29) is 5.60 Å². The van der Waals surface area contributed by atoms with Gasteiger partial charge in [0.05, 0.1) is 31.0 Å². The predicted molar refractivity (Wildman–Crippen MR) is 90.9 cm³/mol. The zero-order valence-corrected chi connectivity index (χ0v) is 15.5. The second-order valence-corrected chi connectivity index (χ2v) is 6.60. The standard InChI is InChI=1S/C15H28N8O/c1-7-21(9-10-24-15(4,5)6)14-16-19-20-22(14)11-13-12(3)17-23(8-2)18-13/h7-11H2,1-6H3. The van der Waals surface area contributed by atoms with Crippen LogP contribution in [0.25, 0.3) is 0 Å². The van der Waals surface area contributed by atoms with Gasteiger partial charge in [0, 0.05) is 13.1 Å². The Kier molecular flexibility index (Phi) is 5.87. The Morgan fingerprint density at radius 3 is 2.50 bits per heavy atom. The van der Waals surface area contributed by atoms with Crippen molar-refractivity contribution in [3.05, 3.63) is 11.4 Å². The van der Waals surface area contributed by atoms with Gasteiger partial charge in [-0.2, -0.15) is 15.0 Å². The average molecular weight is 336 g/mol. The number of rotatable bonds is 8. The first kappa shape index (κ1) is 18.3. The summed E-state index contributed by atoms with van der Waals surface area (Å²) in [6.45, 7) is 15.6. The zero-order valence-electron chi connectivity index (χ0n) is 15.5. The number of aromatic nitrogens is 7. The third kappa shape index (κ3) is 4.73. The number of aryl methyl sites for hydroxylation is 2. The maximum atomic E-state index is 5.81. The van der Waals surface area contributed by atoms with Crippen LogP contribution in [0.4, 0.5) is 5.95 Å². The number of nitrogens with zero attached hydrogens (tertiary/aromatic N) is 8. The smallest absolute Gasteiger partial charge is 0.245 e. The summed E-state index contributed by atoms with van der Waals surface area (Å²) in [7, 11) is 0. The molecule has 0 spiro atoms. The van der Waals surface area contributed by atoms with Gasteiger partial charge in [-0.25, -0.2) is 4.68 Å². The summed E-state index contributed by atoms with van der Waals surface area (Å²) in [5, 5.41) is 20.9. The molecule has 0 N–H and O–H groups in total. The molecule has 0 radical (unpaired) electrons. The Labute approximate surface area is 143 Å². The molecule has 134 valence electrons. The molecule has 0 fully saturated rings. The molecular formula is C15H28N8O. The van der Waals surface area contributed by atoms with Crippen LogP contribution in [-0.4, -0.2) is 60.5 Å². The molecule has 0 atom stereocenters. The van der Waals surface area contributed by atoms with Gasteiger partial charge in [0.1, 0.15) is 5.69 Å².